The van der Waals surface area contributed by atoms with Crippen LogP contribution in [0.15, 0.2) is 24.3 Å². The fourth-order valence-corrected chi connectivity index (χ4v) is 2.45. The Hall–Kier alpha value is -1.55. The molecule has 0 saturated carbocycles. The Kier molecular flexibility index (Phi) is 5.46. The van der Waals surface area contributed by atoms with Crippen LogP contribution in [-0.2, 0) is 14.9 Å². The highest BCUT2D eigenvalue weighted by Crippen LogP contribution is 2.24. The second kappa shape index (κ2) is 7.14. The van der Waals surface area contributed by atoms with E-state index in [0.29, 0.717) is 12.3 Å². The highest BCUT2D eigenvalue weighted by molar-refractivity contribution is 5.80. The Balaban J connectivity index is 1.82. The molecule has 1 heterocycles. The number of hydrogen-bond donors (Lipinski definition) is 1. The quantitative estimate of drug-likeness (QED) is 0.909. The van der Waals surface area contributed by atoms with Crippen LogP contribution in [0.4, 0.5) is 0 Å². The monoisotopic (exact) mass is 305 g/mol. The van der Waals surface area contributed by atoms with Crippen molar-refractivity contribution in [1.29, 1.82) is 0 Å². The number of rotatable bonds is 5. The van der Waals surface area contributed by atoms with Crippen molar-refractivity contribution >= 4 is 5.91 Å². The van der Waals surface area contributed by atoms with Crippen molar-refractivity contribution in [2.75, 3.05) is 13.2 Å². The third-order valence-electron chi connectivity index (χ3n) is 3.93. The molecule has 1 fully saturated rings. The maximum atomic E-state index is 12.0. The van der Waals surface area contributed by atoms with Crippen molar-refractivity contribution in [1.82, 2.24) is 5.32 Å². The summed E-state index contributed by atoms with van der Waals surface area (Å²) in [5, 5.41) is 2.89. The topological polar surface area (TPSA) is 47.6 Å². The minimum atomic E-state index is -0.512. The lowest BCUT2D eigenvalue weighted by molar-refractivity contribution is -0.127. The van der Waals surface area contributed by atoms with Crippen LogP contribution in [0.2, 0.25) is 0 Å². The van der Waals surface area contributed by atoms with E-state index in [2.05, 4.69) is 26.1 Å². The normalized spacial score (nSPS) is 19.7. The van der Waals surface area contributed by atoms with Crippen LogP contribution in [0.3, 0.4) is 0 Å². The highest BCUT2D eigenvalue weighted by atomic mass is 16.5. The van der Waals surface area contributed by atoms with E-state index in [1.54, 1.807) is 6.92 Å². The zero-order valence-electron chi connectivity index (χ0n) is 14.0. The van der Waals surface area contributed by atoms with E-state index in [0.717, 1.165) is 19.4 Å². The third-order valence-corrected chi connectivity index (χ3v) is 3.93. The van der Waals surface area contributed by atoms with E-state index in [9.17, 15) is 4.79 Å². The fraction of sp³-hybridized carbons (Fsp3) is 0.611. The Morgan fingerprint density at radius 2 is 2.05 bits per heavy atom. The van der Waals surface area contributed by atoms with Crippen molar-refractivity contribution in [2.45, 2.75) is 58.2 Å². The van der Waals surface area contributed by atoms with E-state index in [1.165, 1.54) is 5.56 Å². The molecule has 22 heavy (non-hydrogen) atoms. The van der Waals surface area contributed by atoms with Gasteiger partial charge in [0.15, 0.2) is 6.10 Å². The van der Waals surface area contributed by atoms with E-state index in [-0.39, 0.29) is 17.4 Å². The molecular formula is C18H27NO3. The lowest BCUT2D eigenvalue weighted by Gasteiger charge is -2.20. The zero-order valence-corrected chi connectivity index (χ0v) is 14.0. The first-order valence-corrected chi connectivity index (χ1v) is 8.03. The Morgan fingerprint density at radius 1 is 1.36 bits per heavy atom. The van der Waals surface area contributed by atoms with Gasteiger partial charge in [-0.1, -0.05) is 32.9 Å². The second-order valence-corrected chi connectivity index (χ2v) is 6.91. The van der Waals surface area contributed by atoms with E-state index >= 15 is 0 Å². The van der Waals surface area contributed by atoms with Crippen molar-refractivity contribution < 1.29 is 14.3 Å². The van der Waals surface area contributed by atoms with Gasteiger partial charge in [0, 0.05) is 13.2 Å². The molecule has 1 aliphatic heterocycles. The van der Waals surface area contributed by atoms with Gasteiger partial charge in [-0.3, -0.25) is 4.79 Å². The van der Waals surface area contributed by atoms with Gasteiger partial charge in [0.25, 0.3) is 5.91 Å². The molecule has 0 radical (unpaired) electrons. The molecule has 2 atom stereocenters. The third kappa shape index (κ3) is 4.73. The smallest absolute Gasteiger partial charge is 0.260 e. The summed E-state index contributed by atoms with van der Waals surface area (Å²) in [4.78, 5) is 12.0. The molecule has 1 N–H and O–H groups in total. The minimum Gasteiger partial charge on any atom is -0.481 e. The molecule has 1 aromatic carbocycles. The van der Waals surface area contributed by atoms with E-state index in [1.807, 2.05) is 24.3 Å². The van der Waals surface area contributed by atoms with Crippen molar-refractivity contribution in [3.05, 3.63) is 29.8 Å². The largest absolute Gasteiger partial charge is 0.481 e. The molecular weight excluding hydrogens is 278 g/mol. The highest BCUT2D eigenvalue weighted by Gasteiger charge is 2.20. The maximum Gasteiger partial charge on any atom is 0.260 e. The van der Waals surface area contributed by atoms with Gasteiger partial charge >= 0.3 is 0 Å². The molecule has 2 unspecified atom stereocenters. The lowest BCUT2D eigenvalue weighted by Crippen LogP contribution is -2.40. The molecule has 4 heteroatoms. The van der Waals surface area contributed by atoms with E-state index in [4.69, 9.17) is 9.47 Å². The molecule has 0 spiro atoms. The summed E-state index contributed by atoms with van der Waals surface area (Å²) < 4.78 is 11.2. The number of nitrogens with one attached hydrogen (secondary N) is 1. The van der Waals surface area contributed by atoms with Gasteiger partial charge in [-0.25, -0.2) is 0 Å². The van der Waals surface area contributed by atoms with E-state index < -0.39 is 6.10 Å². The number of carbonyl (C=O) groups excluding carboxylic acids is 1. The number of benzene rings is 1. The summed E-state index contributed by atoms with van der Waals surface area (Å²) in [6.07, 6.45) is 1.74. The standard InChI is InChI=1S/C18H27NO3/c1-13(17(20)19-12-16-6-5-11-21-16)22-15-9-7-14(8-10-15)18(2,3)4/h7-10,13,16H,5-6,11-12H2,1-4H3,(H,19,20). The summed E-state index contributed by atoms with van der Waals surface area (Å²) in [5.41, 5.74) is 1.36. The molecule has 122 valence electrons. The number of ether oxygens (including phenoxy) is 2. The zero-order chi connectivity index (χ0) is 16.2. The first kappa shape index (κ1) is 16.8. The molecule has 2 rings (SSSR count). The Morgan fingerprint density at radius 3 is 2.59 bits per heavy atom. The van der Waals surface area contributed by atoms with Crippen LogP contribution < -0.4 is 10.1 Å². The molecule has 4 nitrogen and oxygen atoms in total. The maximum absolute atomic E-state index is 12.0. The molecule has 1 saturated heterocycles. The average Bonchev–Trinajstić information content (AvgIpc) is 2.97. The van der Waals surface area contributed by atoms with Crippen LogP contribution in [0.5, 0.6) is 5.75 Å². The first-order valence-electron chi connectivity index (χ1n) is 8.03. The molecule has 1 amide bonds. The van der Waals surface area contributed by atoms with Gasteiger partial charge in [-0.2, -0.15) is 0 Å². The summed E-state index contributed by atoms with van der Waals surface area (Å²) in [6, 6.07) is 7.94. The van der Waals surface area contributed by atoms with Crippen molar-refractivity contribution in [2.24, 2.45) is 0 Å². The number of hydrogen-bond acceptors (Lipinski definition) is 3. The molecule has 0 aromatic heterocycles. The van der Waals surface area contributed by atoms with Gasteiger partial charge in [-0.05, 0) is 42.9 Å². The van der Waals surface area contributed by atoms with Gasteiger partial charge < -0.3 is 14.8 Å². The minimum absolute atomic E-state index is 0.101. The van der Waals surface area contributed by atoms with Crippen LogP contribution in [0, 0.1) is 0 Å². The molecule has 0 aliphatic carbocycles. The van der Waals surface area contributed by atoms with Crippen molar-refractivity contribution in [3.63, 3.8) is 0 Å². The fourth-order valence-electron chi connectivity index (χ4n) is 2.45. The van der Waals surface area contributed by atoms with Crippen LogP contribution in [0.1, 0.15) is 46.1 Å². The van der Waals surface area contributed by atoms with Gasteiger partial charge in [-0.15, -0.1) is 0 Å². The predicted molar refractivity (Wildman–Crippen MR) is 87.2 cm³/mol. The lowest BCUT2D eigenvalue weighted by atomic mass is 9.87. The number of amides is 1. The SMILES string of the molecule is CC(Oc1ccc(C(C)(C)C)cc1)C(=O)NCC1CCCO1. The predicted octanol–water partition coefficient (Wildman–Crippen LogP) is 3.05. The van der Waals surface area contributed by atoms with Gasteiger partial charge in [0.2, 0.25) is 0 Å². The van der Waals surface area contributed by atoms with Gasteiger partial charge in [0.1, 0.15) is 5.75 Å². The summed E-state index contributed by atoms with van der Waals surface area (Å²) >= 11 is 0. The second-order valence-electron chi connectivity index (χ2n) is 6.91. The molecule has 1 aliphatic rings. The summed E-state index contributed by atoms with van der Waals surface area (Å²) in [6.45, 7) is 9.64. The van der Waals surface area contributed by atoms with Crippen LogP contribution in [0.25, 0.3) is 0 Å². The van der Waals surface area contributed by atoms with Gasteiger partial charge in [0.05, 0.1) is 6.10 Å². The number of carbonyl (C=O) groups is 1. The molecule has 0 bridgehead atoms. The Bertz CT molecular complexity index is 484. The molecule has 1 aromatic rings. The van der Waals surface area contributed by atoms with Crippen LogP contribution >= 0.6 is 0 Å². The summed E-state index contributed by atoms with van der Waals surface area (Å²) in [5.74, 6) is 0.614. The van der Waals surface area contributed by atoms with Crippen molar-refractivity contribution in [3.8, 4) is 5.75 Å². The summed E-state index contributed by atoms with van der Waals surface area (Å²) in [7, 11) is 0. The average molecular weight is 305 g/mol. The Labute approximate surface area is 133 Å². The van der Waals surface area contributed by atoms with Crippen LogP contribution in [-0.4, -0.2) is 31.3 Å². The first-order chi connectivity index (χ1) is 10.4.